The van der Waals surface area contributed by atoms with Crippen LogP contribution in [0.15, 0.2) is 25.6 Å². The van der Waals surface area contributed by atoms with E-state index in [9.17, 15) is 9.59 Å². The van der Waals surface area contributed by atoms with Crippen LogP contribution in [0.1, 0.15) is 32.6 Å². The molecule has 0 aliphatic carbocycles. The molecule has 1 fully saturated rings. The van der Waals surface area contributed by atoms with Gasteiger partial charge < -0.3 is 19.8 Å². The number of rotatable bonds is 3. The molecule has 1 aliphatic rings. The topological polar surface area (TPSA) is 87.1 Å². The van der Waals surface area contributed by atoms with Crippen molar-refractivity contribution in [2.24, 2.45) is 0 Å². The second kappa shape index (κ2) is 15.4. The molecule has 0 aromatic carbocycles. The summed E-state index contributed by atoms with van der Waals surface area (Å²) in [7, 11) is 0. The Hall–Kier alpha value is -1.66. The van der Waals surface area contributed by atoms with Gasteiger partial charge in [-0.15, -0.1) is 0 Å². The first-order valence-electron chi connectivity index (χ1n) is 6.45. The number of aliphatic hydroxyl groups is 2. The highest BCUT2D eigenvalue weighted by molar-refractivity contribution is 5.77. The Labute approximate surface area is 120 Å². The third-order valence-corrected chi connectivity index (χ3v) is 2.18. The molecule has 0 radical (unpaired) electrons. The summed E-state index contributed by atoms with van der Waals surface area (Å²) < 4.78 is 4.17. The van der Waals surface area contributed by atoms with E-state index in [1.807, 2.05) is 0 Å². The minimum absolute atomic E-state index is 0.125. The van der Waals surface area contributed by atoms with Crippen LogP contribution in [0, 0.1) is 0 Å². The van der Waals surface area contributed by atoms with Gasteiger partial charge in [0.25, 0.3) is 0 Å². The van der Waals surface area contributed by atoms with Crippen LogP contribution < -0.4 is 0 Å². The molecule has 116 valence electrons. The third-order valence-electron chi connectivity index (χ3n) is 2.18. The molecule has 0 atom stereocenters. The average molecular weight is 287 g/mol. The first-order valence-corrected chi connectivity index (χ1v) is 6.45. The van der Waals surface area contributed by atoms with Gasteiger partial charge in [-0.2, -0.15) is 0 Å². The summed E-state index contributed by atoms with van der Waals surface area (Å²) in [5.74, 6) is -0.0995. The Morgan fingerprint density at radius 1 is 1.30 bits per heavy atom. The number of amides is 1. The smallest absolute Gasteiger partial charge is 0.307 e. The van der Waals surface area contributed by atoms with Crippen molar-refractivity contribution in [3.05, 3.63) is 25.6 Å². The molecule has 1 rings (SSSR count). The van der Waals surface area contributed by atoms with Gasteiger partial charge in [-0.1, -0.05) is 19.6 Å². The van der Waals surface area contributed by atoms with Crippen molar-refractivity contribution >= 4 is 11.9 Å². The molecule has 1 aliphatic heterocycles. The summed E-state index contributed by atoms with van der Waals surface area (Å²) in [6.07, 6.45) is 6.78. The molecular formula is C14H25NO5. The van der Waals surface area contributed by atoms with Crippen molar-refractivity contribution in [3.8, 4) is 0 Å². The molecule has 0 aromatic rings. The summed E-state index contributed by atoms with van der Waals surface area (Å²) >= 11 is 0. The molecular weight excluding hydrogens is 262 g/mol. The van der Waals surface area contributed by atoms with Crippen molar-refractivity contribution < 1.29 is 24.5 Å². The number of esters is 1. The van der Waals surface area contributed by atoms with Crippen LogP contribution in [0.2, 0.25) is 0 Å². The molecule has 0 bridgehead atoms. The van der Waals surface area contributed by atoms with Gasteiger partial charge in [0.1, 0.15) is 0 Å². The molecule has 6 nitrogen and oxygen atoms in total. The highest BCUT2D eigenvalue weighted by atomic mass is 16.5. The van der Waals surface area contributed by atoms with Crippen molar-refractivity contribution in [1.82, 2.24) is 4.90 Å². The van der Waals surface area contributed by atoms with Gasteiger partial charge in [0, 0.05) is 19.9 Å². The first kappa shape index (κ1) is 20.7. The fraction of sp³-hybridized carbons (Fsp3) is 0.571. The maximum absolute atomic E-state index is 11.1. The van der Waals surface area contributed by atoms with Crippen LogP contribution in [-0.4, -0.2) is 46.7 Å². The van der Waals surface area contributed by atoms with Crippen molar-refractivity contribution in [3.63, 3.8) is 0 Å². The Kier molecular flexibility index (Phi) is 15.9. The van der Waals surface area contributed by atoms with E-state index < -0.39 is 0 Å². The second-order valence-electron chi connectivity index (χ2n) is 3.80. The predicted molar refractivity (Wildman–Crippen MR) is 76.5 cm³/mol. The van der Waals surface area contributed by atoms with Crippen LogP contribution >= 0.6 is 0 Å². The number of nitrogens with zero attached hydrogens (tertiary/aromatic N) is 1. The third kappa shape index (κ3) is 14.4. The zero-order valence-corrected chi connectivity index (χ0v) is 12.1. The lowest BCUT2D eigenvalue weighted by molar-refractivity contribution is -0.135. The fourth-order valence-corrected chi connectivity index (χ4v) is 1.31. The Morgan fingerprint density at radius 3 is 2.25 bits per heavy atom. The van der Waals surface area contributed by atoms with Crippen LogP contribution in [0.3, 0.4) is 0 Å². The standard InChI is InChI=1S/C8H13NO.C4H6O2.C2H6O2/c1-2-9-7-5-3-4-6-8(9)10;1-3-6-4(2)5;3-1-2-4/h2H,1,3-7H2;3H,1H2,2H3;3-4H,1-2H2. The van der Waals surface area contributed by atoms with E-state index in [-0.39, 0.29) is 25.1 Å². The first-order chi connectivity index (χ1) is 9.53. The Bertz CT molecular complexity index is 289. The fourth-order valence-electron chi connectivity index (χ4n) is 1.31. The molecule has 1 saturated heterocycles. The normalized spacial score (nSPS) is 13.8. The van der Waals surface area contributed by atoms with Gasteiger partial charge in [0.2, 0.25) is 5.91 Å². The largest absolute Gasteiger partial charge is 0.435 e. The average Bonchev–Trinajstić information content (AvgIpc) is 2.64. The number of hydrogen-bond acceptors (Lipinski definition) is 5. The molecule has 0 saturated carbocycles. The van der Waals surface area contributed by atoms with E-state index in [4.69, 9.17) is 10.2 Å². The molecule has 2 N–H and O–H groups in total. The van der Waals surface area contributed by atoms with Crippen LogP contribution in [0.4, 0.5) is 0 Å². The summed E-state index contributed by atoms with van der Waals surface area (Å²) in [5.41, 5.74) is 0. The van der Waals surface area contributed by atoms with E-state index in [0.29, 0.717) is 6.42 Å². The molecule has 1 amide bonds. The SMILES string of the molecule is C=CN1CCCCCC1=O.C=COC(C)=O.OCCO. The molecule has 20 heavy (non-hydrogen) atoms. The van der Waals surface area contributed by atoms with Crippen LogP contribution in [0.25, 0.3) is 0 Å². The molecule has 0 unspecified atom stereocenters. The van der Waals surface area contributed by atoms with Gasteiger partial charge in [-0.3, -0.25) is 9.59 Å². The Balaban J connectivity index is 0. The van der Waals surface area contributed by atoms with Gasteiger partial charge >= 0.3 is 5.97 Å². The highest BCUT2D eigenvalue weighted by Crippen LogP contribution is 2.10. The lowest BCUT2D eigenvalue weighted by atomic mass is 10.2. The number of carbonyl (C=O) groups excluding carboxylic acids is 2. The highest BCUT2D eigenvalue weighted by Gasteiger charge is 2.12. The van der Waals surface area contributed by atoms with Gasteiger partial charge in [0.15, 0.2) is 0 Å². The van der Waals surface area contributed by atoms with E-state index in [0.717, 1.165) is 25.6 Å². The lowest BCUT2D eigenvalue weighted by Gasteiger charge is -2.13. The van der Waals surface area contributed by atoms with E-state index >= 15 is 0 Å². The zero-order chi connectivity index (χ0) is 15.8. The monoisotopic (exact) mass is 287 g/mol. The second-order valence-corrected chi connectivity index (χ2v) is 3.80. The number of aliphatic hydroxyl groups excluding tert-OH is 2. The van der Waals surface area contributed by atoms with Crippen LogP contribution in [0.5, 0.6) is 0 Å². The van der Waals surface area contributed by atoms with Gasteiger partial charge in [0.05, 0.1) is 19.5 Å². The zero-order valence-electron chi connectivity index (χ0n) is 12.1. The maximum Gasteiger partial charge on any atom is 0.307 e. The molecule has 6 heteroatoms. The van der Waals surface area contributed by atoms with E-state index in [2.05, 4.69) is 17.9 Å². The van der Waals surface area contributed by atoms with Gasteiger partial charge in [-0.25, -0.2) is 0 Å². The molecule has 0 spiro atoms. The Morgan fingerprint density at radius 2 is 1.90 bits per heavy atom. The quantitative estimate of drug-likeness (QED) is 0.601. The summed E-state index contributed by atoms with van der Waals surface area (Å²) in [6, 6.07) is 0. The van der Waals surface area contributed by atoms with Crippen molar-refractivity contribution in [2.75, 3.05) is 19.8 Å². The lowest BCUT2D eigenvalue weighted by Crippen LogP contribution is -2.23. The summed E-state index contributed by atoms with van der Waals surface area (Å²) in [4.78, 5) is 22.6. The van der Waals surface area contributed by atoms with Crippen molar-refractivity contribution in [1.29, 1.82) is 0 Å². The summed E-state index contributed by atoms with van der Waals surface area (Å²) in [5, 5.41) is 15.2. The number of ether oxygens (including phenoxy) is 1. The maximum atomic E-state index is 11.1. The minimum atomic E-state index is -0.329. The molecule has 0 aromatic heterocycles. The van der Waals surface area contributed by atoms with E-state index in [1.165, 1.54) is 13.3 Å². The van der Waals surface area contributed by atoms with Crippen LogP contribution in [-0.2, 0) is 14.3 Å². The number of hydrogen-bond donors (Lipinski definition) is 2. The number of likely N-dealkylation sites (tertiary alicyclic amines) is 1. The molecule has 1 heterocycles. The van der Waals surface area contributed by atoms with E-state index in [1.54, 1.807) is 11.1 Å². The van der Waals surface area contributed by atoms with Gasteiger partial charge in [-0.05, 0) is 19.0 Å². The number of carbonyl (C=O) groups is 2. The van der Waals surface area contributed by atoms with Crippen molar-refractivity contribution in [2.45, 2.75) is 32.6 Å². The summed E-state index contributed by atoms with van der Waals surface area (Å²) in [6.45, 7) is 8.67. The minimum Gasteiger partial charge on any atom is -0.435 e. The predicted octanol–water partition coefficient (Wildman–Crippen LogP) is 1.20.